The molecule has 0 aliphatic heterocycles. The molecule has 1 unspecified atom stereocenters. The van der Waals surface area contributed by atoms with E-state index in [0.717, 1.165) is 6.54 Å². The molecule has 118 valence electrons. The van der Waals surface area contributed by atoms with Gasteiger partial charge in [0.05, 0.1) is 0 Å². The molecule has 0 saturated carbocycles. The highest BCUT2D eigenvalue weighted by molar-refractivity contribution is 5.85. The lowest BCUT2D eigenvalue weighted by molar-refractivity contribution is -0.124. The quantitative estimate of drug-likeness (QED) is 0.755. The van der Waals surface area contributed by atoms with Crippen LogP contribution in [0.3, 0.4) is 0 Å². The lowest BCUT2D eigenvalue weighted by Gasteiger charge is -2.29. The van der Waals surface area contributed by atoms with Crippen molar-refractivity contribution in [1.29, 1.82) is 0 Å². The van der Waals surface area contributed by atoms with Gasteiger partial charge in [-0.2, -0.15) is 8.78 Å². The molecule has 0 aliphatic rings. The van der Waals surface area contributed by atoms with Gasteiger partial charge in [0, 0.05) is 13.1 Å². The predicted octanol–water partition coefficient (Wildman–Crippen LogP) is 1.14. The summed E-state index contributed by atoms with van der Waals surface area (Å²) in [6, 6.07) is 5.86. The highest BCUT2D eigenvalue weighted by atomic mass is 19.3. The number of carbonyl (C=O) groups excluding carboxylic acids is 1. The van der Waals surface area contributed by atoms with Gasteiger partial charge < -0.3 is 15.4 Å². The number of rotatable bonds is 8. The Morgan fingerprint density at radius 3 is 2.38 bits per heavy atom. The Bertz CT molecular complexity index is 466. The molecule has 0 radical (unpaired) electrons. The molecule has 1 atom stereocenters. The van der Waals surface area contributed by atoms with E-state index in [0.29, 0.717) is 12.1 Å². The summed E-state index contributed by atoms with van der Waals surface area (Å²) >= 11 is 0. The van der Waals surface area contributed by atoms with Crippen LogP contribution in [0.2, 0.25) is 0 Å². The zero-order valence-corrected chi connectivity index (χ0v) is 12.4. The topological polar surface area (TPSA) is 67.6 Å². The van der Waals surface area contributed by atoms with E-state index >= 15 is 0 Å². The van der Waals surface area contributed by atoms with Crippen LogP contribution in [0.1, 0.15) is 12.5 Å². The van der Waals surface area contributed by atoms with Crippen molar-refractivity contribution in [3.05, 3.63) is 29.8 Å². The Balaban J connectivity index is 2.86. The Morgan fingerprint density at radius 2 is 1.95 bits per heavy atom. The lowest BCUT2D eigenvalue weighted by atomic mass is 9.91. The number of carbonyl (C=O) groups is 1. The van der Waals surface area contributed by atoms with Crippen LogP contribution in [-0.4, -0.2) is 44.6 Å². The minimum Gasteiger partial charge on any atom is -0.435 e. The molecule has 21 heavy (non-hydrogen) atoms. The van der Waals surface area contributed by atoms with Crippen molar-refractivity contribution in [2.24, 2.45) is 5.73 Å². The molecule has 1 aromatic rings. The maximum Gasteiger partial charge on any atom is 0.387 e. The average Bonchev–Trinajstić information content (AvgIpc) is 2.37. The number of likely N-dealkylation sites (N-methyl/N-ethyl adjacent to an activating group) is 1. The number of alkyl halides is 2. The summed E-state index contributed by atoms with van der Waals surface area (Å²) in [6.45, 7) is 0.0714. The summed E-state index contributed by atoms with van der Waals surface area (Å²) in [5.74, 6) is -0.502. The van der Waals surface area contributed by atoms with Crippen LogP contribution in [0.4, 0.5) is 8.78 Å². The number of primary amides is 1. The van der Waals surface area contributed by atoms with Gasteiger partial charge in [0.25, 0.3) is 0 Å². The predicted molar refractivity (Wildman–Crippen MR) is 76.2 cm³/mol. The Kier molecular flexibility index (Phi) is 6.04. The summed E-state index contributed by atoms with van der Waals surface area (Å²) in [7, 11) is 3.83. The Hall–Kier alpha value is -1.73. The number of hydrogen-bond acceptors (Lipinski definition) is 4. The van der Waals surface area contributed by atoms with Crippen LogP contribution < -0.4 is 15.8 Å². The van der Waals surface area contributed by atoms with Crippen molar-refractivity contribution >= 4 is 5.91 Å². The number of halogens is 2. The normalized spacial score (nSPS) is 14.2. The van der Waals surface area contributed by atoms with E-state index < -0.39 is 18.1 Å². The van der Waals surface area contributed by atoms with Crippen LogP contribution in [0.25, 0.3) is 0 Å². The summed E-state index contributed by atoms with van der Waals surface area (Å²) in [6.07, 6.45) is 0. The summed E-state index contributed by atoms with van der Waals surface area (Å²) in [5.41, 5.74) is 5.00. The summed E-state index contributed by atoms with van der Waals surface area (Å²) in [4.78, 5) is 13.7. The average molecular weight is 301 g/mol. The molecule has 7 heteroatoms. The van der Waals surface area contributed by atoms with Crippen LogP contribution in [0.5, 0.6) is 5.75 Å². The molecule has 0 heterocycles. The van der Waals surface area contributed by atoms with Gasteiger partial charge in [-0.1, -0.05) is 12.1 Å². The molecular formula is C14H21F2N3O2. The Morgan fingerprint density at radius 1 is 1.38 bits per heavy atom. The van der Waals surface area contributed by atoms with E-state index in [1.807, 2.05) is 19.0 Å². The van der Waals surface area contributed by atoms with E-state index in [1.165, 1.54) is 12.1 Å². The molecule has 1 aromatic carbocycles. The number of ether oxygens (including phenoxy) is 1. The lowest BCUT2D eigenvalue weighted by Crippen LogP contribution is -2.51. The minimum absolute atomic E-state index is 0.0360. The minimum atomic E-state index is -2.88. The zero-order valence-electron chi connectivity index (χ0n) is 12.4. The number of nitrogens with two attached hydrogens (primary N) is 1. The molecule has 0 spiro atoms. The van der Waals surface area contributed by atoms with Gasteiger partial charge >= 0.3 is 6.61 Å². The van der Waals surface area contributed by atoms with Crippen LogP contribution in [0.15, 0.2) is 24.3 Å². The standard InChI is InChI=1S/C14H21F2N3O2/c1-14(12(17)20,18-8-9-19(2)3)10-4-6-11(7-5-10)21-13(15)16/h4-7,13,18H,8-9H2,1-3H3,(H2,17,20). The SMILES string of the molecule is CN(C)CCNC(C)(C(N)=O)c1ccc(OC(F)F)cc1. The molecule has 0 fully saturated rings. The second-order valence-electron chi connectivity index (χ2n) is 5.12. The van der Waals surface area contributed by atoms with Gasteiger partial charge in [-0.05, 0) is 38.7 Å². The molecule has 0 aliphatic carbocycles. The molecule has 0 saturated heterocycles. The van der Waals surface area contributed by atoms with Crippen molar-refractivity contribution in [2.75, 3.05) is 27.2 Å². The molecule has 1 rings (SSSR count). The molecule has 3 N–H and O–H groups in total. The highest BCUT2D eigenvalue weighted by Crippen LogP contribution is 2.23. The number of hydrogen-bond donors (Lipinski definition) is 2. The number of amides is 1. The van der Waals surface area contributed by atoms with Gasteiger partial charge in [0.1, 0.15) is 11.3 Å². The number of nitrogens with one attached hydrogen (secondary N) is 1. The molecular weight excluding hydrogens is 280 g/mol. The van der Waals surface area contributed by atoms with Crippen LogP contribution in [0, 0.1) is 0 Å². The smallest absolute Gasteiger partial charge is 0.387 e. The van der Waals surface area contributed by atoms with Crippen LogP contribution >= 0.6 is 0 Å². The zero-order chi connectivity index (χ0) is 16.0. The third kappa shape index (κ3) is 4.95. The number of nitrogens with zero attached hydrogens (tertiary/aromatic N) is 1. The highest BCUT2D eigenvalue weighted by Gasteiger charge is 2.32. The fourth-order valence-corrected chi connectivity index (χ4v) is 1.83. The van der Waals surface area contributed by atoms with Gasteiger partial charge in [-0.25, -0.2) is 0 Å². The van der Waals surface area contributed by atoms with E-state index in [4.69, 9.17) is 5.73 Å². The molecule has 1 amide bonds. The third-order valence-electron chi connectivity index (χ3n) is 3.19. The monoisotopic (exact) mass is 301 g/mol. The number of benzene rings is 1. The first-order valence-corrected chi connectivity index (χ1v) is 6.50. The fraction of sp³-hybridized carbons (Fsp3) is 0.500. The van der Waals surface area contributed by atoms with Gasteiger partial charge in [-0.15, -0.1) is 0 Å². The van der Waals surface area contributed by atoms with Crippen LogP contribution in [-0.2, 0) is 10.3 Å². The first-order valence-electron chi connectivity index (χ1n) is 6.50. The maximum atomic E-state index is 12.1. The largest absolute Gasteiger partial charge is 0.435 e. The second-order valence-corrected chi connectivity index (χ2v) is 5.12. The maximum absolute atomic E-state index is 12.1. The first-order chi connectivity index (χ1) is 9.75. The molecule has 0 aromatic heterocycles. The Labute approximate surface area is 123 Å². The molecule has 5 nitrogen and oxygen atoms in total. The molecule has 0 bridgehead atoms. The van der Waals surface area contributed by atoms with E-state index in [2.05, 4.69) is 10.1 Å². The van der Waals surface area contributed by atoms with Crippen molar-refractivity contribution < 1.29 is 18.3 Å². The summed E-state index contributed by atoms with van der Waals surface area (Å²) < 4.78 is 28.5. The third-order valence-corrected chi connectivity index (χ3v) is 3.19. The van der Waals surface area contributed by atoms with Crippen molar-refractivity contribution in [2.45, 2.75) is 19.1 Å². The first kappa shape index (κ1) is 17.3. The van der Waals surface area contributed by atoms with Gasteiger partial charge in [-0.3, -0.25) is 10.1 Å². The van der Waals surface area contributed by atoms with Crippen molar-refractivity contribution in [3.63, 3.8) is 0 Å². The van der Waals surface area contributed by atoms with Gasteiger partial charge in [0.15, 0.2) is 0 Å². The van der Waals surface area contributed by atoms with Gasteiger partial charge in [0.2, 0.25) is 5.91 Å². The van der Waals surface area contributed by atoms with Crippen molar-refractivity contribution in [1.82, 2.24) is 10.2 Å². The second kappa shape index (κ2) is 7.33. The van der Waals surface area contributed by atoms with E-state index in [1.54, 1.807) is 19.1 Å². The summed E-state index contributed by atoms with van der Waals surface area (Å²) in [5, 5.41) is 3.10. The fourth-order valence-electron chi connectivity index (χ4n) is 1.83. The van der Waals surface area contributed by atoms with E-state index in [-0.39, 0.29) is 5.75 Å². The van der Waals surface area contributed by atoms with Crippen molar-refractivity contribution in [3.8, 4) is 5.75 Å². The van der Waals surface area contributed by atoms with E-state index in [9.17, 15) is 13.6 Å².